The lowest BCUT2D eigenvalue weighted by molar-refractivity contribution is -0.121. The number of hydrazone groups is 1. The molecule has 0 aliphatic heterocycles. The molecule has 0 saturated carbocycles. The topological polar surface area (TPSA) is 88.1 Å². The average molecular weight is 466 g/mol. The number of nitrogens with one attached hydrogen (secondary N) is 1. The van der Waals surface area contributed by atoms with Gasteiger partial charge in [0.15, 0.2) is 0 Å². The van der Waals surface area contributed by atoms with Crippen LogP contribution in [0.25, 0.3) is 0 Å². The SMILES string of the molecule is CCOc1ccc(/C=N/NC(=O)CN(CCc2ccccc2)S(=O)(=O)c2ccccc2)cc1. The van der Waals surface area contributed by atoms with Gasteiger partial charge in [-0.3, -0.25) is 4.79 Å². The zero-order valence-corrected chi connectivity index (χ0v) is 19.2. The Labute approximate surface area is 194 Å². The number of nitrogens with zero attached hydrogens (tertiary/aromatic N) is 2. The van der Waals surface area contributed by atoms with Gasteiger partial charge >= 0.3 is 0 Å². The Balaban J connectivity index is 1.67. The fourth-order valence-corrected chi connectivity index (χ4v) is 4.53. The third-order valence-electron chi connectivity index (χ3n) is 4.79. The molecule has 0 aromatic heterocycles. The van der Waals surface area contributed by atoms with Crippen LogP contribution >= 0.6 is 0 Å². The maximum Gasteiger partial charge on any atom is 0.255 e. The predicted octanol–water partition coefficient (Wildman–Crippen LogP) is 3.47. The van der Waals surface area contributed by atoms with Gasteiger partial charge < -0.3 is 4.74 Å². The van der Waals surface area contributed by atoms with Gasteiger partial charge in [0, 0.05) is 6.54 Å². The number of rotatable bonds is 11. The summed E-state index contributed by atoms with van der Waals surface area (Å²) < 4.78 is 32.9. The van der Waals surface area contributed by atoms with Crippen molar-refractivity contribution < 1.29 is 17.9 Å². The van der Waals surface area contributed by atoms with Gasteiger partial charge in [0.05, 0.1) is 24.3 Å². The van der Waals surface area contributed by atoms with Crippen LogP contribution in [0.15, 0.2) is 94.9 Å². The van der Waals surface area contributed by atoms with Crippen LogP contribution in [-0.4, -0.2) is 44.5 Å². The van der Waals surface area contributed by atoms with Gasteiger partial charge in [-0.25, -0.2) is 13.8 Å². The molecule has 172 valence electrons. The number of carbonyl (C=O) groups excluding carboxylic acids is 1. The molecule has 0 aliphatic carbocycles. The van der Waals surface area contributed by atoms with Gasteiger partial charge in [0.1, 0.15) is 5.75 Å². The maximum absolute atomic E-state index is 13.2. The molecule has 3 aromatic rings. The van der Waals surface area contributed by atoms with Crippen molar-refractivity contribution in [2.24, 2.45) is 5.10 Å². The minimum Gasteiger partial charge on any atom is -0.494 e. The van der Waals surface area contributed by atoms with E-state index in [9.17, 15) is 13.2 Å². The summed E-state index contributed by atoms with van der Waals surface area (Å²) in [6.07, 6.45) is 1.98. The van der Waals surface area contributed by atoms with E-state index in [1.165, 1.54) is 22.7 Å². The summed E-state index contributed by atoms with van der Waals surface area (Å²) in [6.45, 7) is 2.31. The lowest BCUT2D eigenvalue weighted by Gasteiger charge is -2.21. The van der Waals surface area contributed by atoms with Crippen molar-refractivity contribution in [1.29, 1.82) is 0 Å². The molecule has 1 amide bonds. The molecule has 0 spiro atoms. The highest BCUT2D eigenvalue weighted by Crippen LogP contribution is 2.16. The second kappa shape index (κ2) is 11.9. The fraction of sp³-hybridized carbons (Fsp3) is 0.200. The Hall–Kier alpha value is -3.49. The zero-order chi connectivity index (χ0) is 23.5. The number of hydrogen-bond donors (Lipinski definition) is 1. The van der Waals surface area contributed by atoms with E-state index in [1.54, 1.807) is 18.2 Å². The second-order valence-electron chi connectivity index (χ2n) is 7.18. The first-order chi connectivity index (χ1) is 16.0. The maximum atomic E-state index is 13.2. The molecule has 0 bridgehead atoms. The van der Waals surface area contributed by atoms with Crippen LogP contribution in [-0.2, 0) is 21.2 Å². The summed E-state index contributed by atoms with van der Waals surface area (Å²) in [5.74, 6) is 0.226. The first-order valence-corrected chi connectivity index (χ1v) is 12.1. The zero-order valence-electron chi connectivity index (χ0n) is 18.4. The van der Waals surface area contributed by atoms with Crippen LogP contribution in [0, 0.1) is 0 Å². The van der Waals surface area contributed by atoms with Crippen molar-refractivity contribution in [3.05, 3.63) is 96.1 Å². The van der Waals surface area contributed by atoms with E-state index in [-0.39, 0.29) is 18.0 Å². The molecule has 8 heteroatoms. The van der Waals surface area contributed by atoms with Crippen LogP contribution in [0.5, 0.6) is 5.75 Å². The van der Waals surface area contributed by atoms with Crippen molar-refractivity contribution >= 4 is 22.1 Å². The van der Waals surface area contributed by atoms with E-state index in [0.29, 0.717) is 13.0 Å². The summed E-state index contributed by atoms with van der Waals surface area (Å²) in [4.78, 5) is 12.7. The highest BCUT2D eigenvalue weighted by molar-refractivity contribution is 7.89. The quantitative estimate of drug-likeness (QED) is 0.347. The van der Waals surface area contributed by atoms with Gasteiger partial charge in [0.2, 0.25) is 10.0 Å². The number of benzene rings is 3. The molecule has 0 heterocycles. The molecule has 0 fully saturated rings. The monoisotopic (exact) mass is 465 g/mol. The average Bonchev–Trinajstić information content (AvgIpc) is 2.84. The molecular weight excluding hydrogens is 438 g/mol. The molecule has 0 saturated heterocycles. The molecule has 0 atom stereocenters. The smallest absolute Gasteiger partial charge is 0.255 e. The van der Waals surface area contributed by atoms with Gasteiger partial charge in [-0.05, 0) is 60.9 Å². The second-order valence-corrected chi connectivity index (χ2v) is 9.12. The fourth-order valence-electron chi connectivity index (χ4n) is 3.12. The summed E-state index contributed by atoms with van der Waals surface area (Å²) >= 11 is 0. The minimum atomic E-state index is -3.85. The minimum absolute atomic E-state index is 0.142. The van der Waals surface area contributed by atoms with E-state index in [1.807, 2.05) is 61.5 Å². The van der Waals surface area contributed by atoms with Crippen LogP contribution < -0.4 is 10.2 Å². The van der Waals surface area contributed by atoms with E-state index >= 15 is 0 Å². The largest absolute Gasteiger partial charge is 0.494 e. The molecule has 0 radical (unpaired) electrons. The van der Waals surface area contributed by atoms with Crippen LogP contribution in [0.4, 0.5) is 0 Å². The first-order valence-electron chi connectivity index (χ1n) is 10.6. The molecule has 7 nitrogen and oxygen atoms in total. The van der Waals surface area contributed by atoms with Gasteiger partial charge in [0.25, 0.3) is 5.91 Å². The van der Waals surface area contributed by atoms with E-state index in [4.69, 9.17) is 4.74 Å². The number of ether oxygens (including phenoxy) is 1. The van der Waals surface area contributed by atoms with Gasteiger partial charge in [-0.2, -0.15) is 9.41 Å². The standard InChI is InChI=1S/C25H27N3O4S/c1-2-32-23-15-13-22(14-16-23)19-26-27-25(29)20-28(18-17-21-9-5-3-6-10-21)33(30,31)24-11-7-4-8-12-24/h3-16,19H,2,17-18,20H2,1H3,(H,27,29)/b26-19+. The van der Waals surface area contributed by atoms with Crippen molar-refractivity contribution in [1.82, 2.24) is 9.73 Å². The first kappa shape index (κ1) is 24.2. The Morgan fingerprint density at radius 1 is 0.970 bits per heavy atom. The third kappa shape index (κ3) is 7.27. The number of sulfonamides is 1. The highest BCUT2D eigenvalue weighted by Gasteiger charge is 2.26. The summed E-state index contributed by atoms with van der Waals surface area (Å²) in [5.41, 5.74) is 4.18. The van der Waals surface area contributed by atoms with E-state index in [2.05, 4.69) is 10.5 Å². The Kier molecular flexibility index (Phi) is 8.74. The summed E-state index contributed by atoms with van der Waals surface area (Å²) in [5, 5.41) is 3.96. The molecule has 33 heavy (non-hydrogen) atoms. The van der Waals surface area contributed by atoms with E-state index < -0.39 is 15.9 Å². The van der Waals surface area contributed by atoms with Crippen molar-refractivity contribution in [3.8, 4) is 5.75 Å². The molecule has 1 N–H and O–H groups in total. The Morgan fingerprint density at radius 2 is 1.61 bits per heavy atom. The highest BCUT2D eigenvalue weighted by atomic mass is 32.2. The normalized spacial score (nSPS) is 11.6. The third-order valence-corrected chi connectivity index (χ3v) is 6.65. The number of carbonyl (C=O) groups is 1. The van der Waals surface area contributed by atoms with Crippen LogP contribution in [0.1, 0.15) is 18.1 Å². The lowest BCUT2D eigenvalue weighted by Crippen LogP contribution is -2.40. The molecule has 0 unspecified atom stereocenters. The van der Waals surface area contributed by atoms with Gasteiger partial charge in [-0.1, -0.05) is 48.5 Å². The van der Waals surface area contributed by atoms with E-state index in [0.717, 1.165) is 16.9 Å². The van der Waals surface area contributed by atoms with Crippen molar-refractivity contribution in [3.63, 3.8) is 0 Å². The molecule has 3 aromatic carbocycles. The summed E-state index contributed by atoms with van der Waals surface area (Å²) in [7, 11) is -3.85. The van der Waals surface area contributed by atoms with Crippen LogP contribution in [0.2, 0.25) is 0 Å². The summed E-state index contributed by atoms with van der Waals surface area (Å²) in [6, 6.07) is 24.9. The number of hydrogen-bond acceptors (Lipinski definition) is 5. The Bertz CT molecular complexity index is 1150. The molecule has 0 aliphatic rings. The Morgan fingerprint density at radius 3 is 2.24 bits per heavy atom. The van der Waals surface area contributed by atoms with Crippen molar-refractivity contribution in [2.45, 2.75) is 18.2 Å². The van der Waals surface area contributed by atoms with Crippen LogP contribution in [0.3, 0.4) is 0 Å². The van der Waals surface area contributed by atoms with Gasteiger partial charge in [-0.15, -0.1) is 0 Å². The molecule has 3 rings (SSSR count). The predicted molar refractivity (Wildman–Crippen MR) is 129 cm³/mol. The lowest BCUT2D eigenvalue weighted by atomic mass is 10.1. The number of amides is 1. The van der Waals surface area contributed by atoms with Crippen molar-refractivity contribution in [2.75, 3.05) is 19.7 Å². The molecular formula is C25H27N3O4S.